The average molecular weight is 369 g/mol. The Labute approximate surface area is 144 Å². The molecular weight excluding hydrogens is 355 g/mol. The molecule has 0 fully saturated rings. The number of carbonyl (C=O) groups is 1. The van der Waals surface area contributed by atoms with Crippen LogP contribution in [0.15, 0.2) is 41.3 Å². The first kappa shape index (κ1) is 16.7. The number of hydrogen-bond donors (Lipinski definition) is 1. The minimum absolute atomic E-state index is 0.00261. The standard InChI is InChI=1S/C16H14ClFN2O3S/c1-20-15-6-4-12(8-10(15)2-7-16(20)21)24(22,23)19-11-3-5-14(18)13(17)9-11/h3-6,8-9,19H,2,7H2,1H3. The van der Waals surface area contributed by atoms with Crippen molar-refractivity contribution in [3.05, 3.63) is 52.8 Å². The van der Waals surface area contributed by atoms with Gasteiger partial charge >= 0.3 is 0 Å². The van der Waals surface area contributed by atoms with Crippen LogP contribution >= 0.6 is 11.6 Å². The Hall–Kier alpha value is -2.12. The highest BCUT2D eigenvalue weighted by Crippen LogP contribution is 2.30. The van der Waals surface area contributed by atoms with Crippen molar-refractivity contribution in [3.8, 4) is 0 Å². The van der Waals surface area contributed by atoms with Gasteiger partial charge in [0.2, 0.25) is 5.91 Å². The summed E-state index contributed by atoms with van der Waals surface area (Å²) in [6.45, 7) is 0. The van der Waals surface area contributed by atoms with Gasteiger partial charge in [0.1, 0.15) is 5.82 Å². The maximum absolute atomic E-state index is 13.2. The highest BCUT2D eigenvalue weighted by molar-refractivity contribution is 7.92. The van der Waals surface area contributed by atoms with E-state index in [1.54, 1.807) is 19.2 Å². The molecule has 1 heterocycles. The van der Waals surface area contributed by atoms with E-state index in [9.17, 15) is 17.6 Å². The molecule has 2 aromatic rings. The summed E-state index contributed by atoms with van der Waals surface area (Å²) in [6, 6.07) is 8.18. The van der Waals surface area contributed by atoms with Gasteiger partial charge in [0, 0.05) is 19.2 Å². The van der Waals surface area contributed by atoms with E-state index >= 15 is 0 Å². The van der Waals surface area contributed by atoms with Gasteiger partial charge in [-0.2, -0.15) is 0 Å². The topological polar surface area (TPSA) is 66.5 Å². The van der Waals surface area contributed by atoms with Crippen LogP contribution in [0.5, 0.6) is 0 Å². The number of carbonyl (C=O) groups excluding carboxylic acids is 1. The Kier molecular flexibility index (Phi) is 4.23. The van der Waals surface area contributed by atoms with Crippen LogP contribution in [0.2, 0.25) is 5.02 Å². The van der Waals surface area contributed by atoms with Gasteiger partial charge in [0.05, 0.1) is 15.6 Å². The van der Waals surface area contributed by atoms with Gasteiger partial charge in [0.25, 0.3) is 10.0 Å². The third kappa shape index (κ3) is 3.09. The molecule has 0 bridgehead atoms. The molecule has 0 saturated heterocycles. The summed E-state index contributed by atoms with van der Waals surface area (Å²) >= 11 is 5.67. The molecule has 1 aliphatic rings. The molecule has 3 rings (SSSR count). The molecule has 0 saturated carbocycles. The molecule has 0 spiro atoms. The monoisotopic (exact) mass is 368 g/mol. The van der Waals surface area contributed by atoms with Crippen LogP contribution in [0.4, 0.5) is 15.8 Å². The van der Waals surface area contributed by atoms with Crippen LogP contribution < -0.4 is 9.62 Å². The molecule has 0 aromatic heterocycles. The first-order valence-corrected chi connectivity index (χ1v) is 9.01. The molecule has 0 atom stereocenters. The number of benzene rings is 2. The Morgan fingerprint density at radius 2 is 1.92 bits per heavy atom. The number of fused-ring (bicyclic) bond motifs is 1. The fourth-order valence-electron chi connectivity index (χ4n) is 2.57. The molecule has 126 valence electrons. The smallest absolute Gasteiger partial charge is 0.261 e. The van der Waals surface area contributed by atoms with Gasteiger partial charge in [-0.15, -0.1) is 0 Å². The van der Waals surface area contributed by atoms with E-state index in [-0.39, 0.29) is 21.5 Å². The summed E-state index contributed by atoms with van der Waals surface area (Å²) < 4.78 is 40.5. The van der Waals surface area contributed by atoms with E-state index in [1.165, 1.54) is 23.1 Å². The van der Waals surface area contributed by atoms with Crippen molar-refractivity contribution in [1.82, 2.24) is 0 Å². The zero-order valence-electron chi connectivity index (χ0n) is 12.7. The quantitative estimate of drug-likeness (QED) is 0.904. The normalized spacial score (nSPS) is 14.5. The zero-order valence-corrected chi connectivity index (χ0v) is 14.3. The molecule has 8 heteroatoms. The second kappa shape index (κ2) is 6.07. The first-order chi connectivity index (χ1) is 11.3. The Balaban J connectivity index is 1.93. The van der Waals surface area contributed by atoms with Crippen molar-refractivity contribution >= 4 is 38.9 Å². The summed E-state index contributed by atoms with van der Waals surface area (Å²) in [4.78, 5) is 13.3. The third-order valence-electron chi connectivity index (χ3n) is 3.88. The largest absolute Gasteiger partial charge is 0.315 e. The van der Waals surface area contributed by atoms with Crippen molar-refractivity contribution in [1.29, 1.82) is 0 Å². The number of aryl methyl sites for hydroxylation is 1. The maximum atomic E-state index is 13.2. The van der Waals surface area contributed by atoms with Crippen molar-refractivity contribution in [2.24, 2.45) is 0 Å². The Morgan fingerprint density at radius 1 is 1.17 bits per heavy atom. The number of nitrogens with zero attached hydrogens (tertiary/aromatic N) is 1. The predicted octanol–water partition coefficient (Wildman–Crippen LogP) is 3.19. The third-order valence-corrected chi connectivity index (χ3v) is 5.55. The lowest BCUT2D eigenvalue weighted by Crippen LogP contribution is -2.31. The van der Waals surface area contributed by atoms with Crippen LogP contribution in [0.25, 0.3) is 0 Å². The van der Waals surface area contributed by atoms with Crippen LogP contribution in [-0.4, -0.2) is 21.4 Å². The molecule has 2 aromatic carbocycles. The summed E-state index contributed by atoms with van der Waals surface area (Å²) in [5, 5.41) is -0.166. The molecule has 0 aliphatic carbocycles. The van der Waals surface area contributed by atoms with Crippen molar-refractivity contribution in [2.75, 3.05) is 16.7 Å². The van der Waals surface area contributed by atoms with E-state index < -0.39 is 15.8 Å². The highest BCUT2D eigenvalue weighted by atomic mass is 35.5. The van der Waals surface area contributed by atoms with Gasteiger partial charge in [-0.1, -0.05) is 11.6 Å². The fraction of sp³-hybridized carbons (Fsp3) is 0.188. The molecule has 24 heavy (non-hydrogen) atoms. The van der Waals surface area contributed by atoms with Crippen LogP contribution in [0.3, 0.4) is 0 Å². The van der Waals surface area contributed by atoms with Crippen LogP contribution in [0.1, 0.15) is 12.0 Å². The summed E-state index contributed by atoms with van der Waals surface area (Å²) in [5.41, 5.74) is 1.67. The summed E-state index contributed by atoms with van der Waals surface area (Å²) in [7, 11) is -2.18. The predicted molar refractivity (Wildman–Crippen MR) is 90.4 cm³/mol. The Bertz CT molecular complexity index is 931. The van der Waals surface area contributed by atoms with Crippen molar-refractivity contribution in [3.63, 3.8) is 0 Å². The number of sulfonamides is 1. The van der Waals surface area contributed by atoms with Gasteiger partial charge in [-0.05, 0) is 48.4 Å². The number of nitrogens with one attached hydrogen (secondary N) is 1. The van der Waals surface area contributed by atoms with Gasteiger partial charge in [-0.25, -0.2) is 12.8 Å². The average Bonchev–Trinajstić information content (AvgIpc) is 2.54. The summed E-state index contributed by atoms with van der Waals surface area (Å²) in [6.07, 6.45) is 0.832. The van der Waals surface area contributed by atoms with Crippen molar-refractivity contribution in [2.45, 2.75) is 17.7 Å². The first-order valence-electron chi connectivity index (χ1n) is 7.15. The second-order valence-electron chi connectivity index (χ2n) is 5.48. The maximum Gasteiger partial charge on any atom is 0.261 e. The SMILES string of the molecule is CN1C(=O)CCc2cc(S(=O)(=O)Nc3ccc(F)c(Cl)c3)ccc21. The molecule has 1 aliphatic heterocycles. The molecular formula is C16H14ClFN2O3S. The van der Waals surface area contributed by atoms with Gasteiger partial charge < -0.3 is 4.90 Å². The second-order valence-corrected chi connectivity index (χ2v) is 7.57. The lowest BCUT2D eigenvalue weighted by molar-refractivity contribution is -0.118. The van der Waals surface area contributed by atoms with Crippen LogP contribution in [0, 0.1) is 5.82 Å². The van der Waals surface area contributed by atoms with Gasteiger partial charge in [0.15, 0.2) is 0 Å². The molecule has 1 N–H and O–H groups in total. The van der Waals surface area contributed by atoms with Gasteiger partial charge in [-0.3, -0.25) is 9.52 Å². The molecule has 0 unspecified atom stereocenters. The van der Waals surface area contributed by atoms with E-state index in [4.69, 9.17) is 11.6 Å². The van der Waals surface area contributed by atoms with Crippen LogP contribution in [-0.2, 0) is 21.2 Å². The number of halogens is 2. The highest BCUT2D eigenvalue weighted by Gasteiger charge is 2.23. The Morgan fingerprint density at radius 3 is 2.62 bits per heavy atom. The summed E-state index contributed by atoms with van der Waals surface area (Å²) in [5.74, 6) is -0.627. The molecule has 1 amide bonds. The lowest BCUT2D eigenvalue weighted by Gasteiger charge is -2.26. The fourth-order valence-corrected chi connectivity index (χ4v) is 3.85. The number of hydrogen-bond acceptors (Lipinski definition) is 3. The molecule has 0 radical (unpaired) electrons. The minimum atomic E-state index is -3.84. The molecule has 5 nitrogen and oxygen atoms in total. The minimum Gasteiger partial charge on any atom is -0.315 e. The van der Waals surface area contributed by atoms with Crippen molar-refractivity contribution < 1.29 is 17.6 Å². The zero-order chi connectivity index (χ0) is 17.5. The number of rotatable bonds is 3. The van der Waals surface area contributed by atoms with E-state index in [2.05, 4.69) is 4.72 Å². The van der Waals surface area contributed by atoms with E-state index in [1.807, 2.05) is 0 Å². The number of anilines is 2. The van der Waals surface area contributed by atoms with E-state index in [0.717, 1.165) is 11.6 Å². The number of amides is 1. The van der Waals surface area contributed by atoms with E-state index in [0.29, 0.717) is 18.5 Å². The lowest BCUT2D eigenvalue weighted by atomic mass is 10.0.